The van der Waals surface area contributed by atoms with Gasteiger partial charge in [-0.2, -0.15) is 0 Å². The van der Waals surface area contributed by atoms with E-state index in [0.717, 1.165) is 30.2 Å². The molecule has 2 aromatic carbocycles. The average molecular weight is 330 g/mol. The molecule has 2 aliphatic rings. The fourth-order valence-corrected chi connectivity index (χ4v) is 3.26. The fourth-order valence-electron chi connectivity index (χ4n) is 3.07. The number of hydrogen-bond donors (Lipinski definition) is 1. The summed E-state index contributed by atoms with van der Waals surface area (Å²) in [5.74, 6) is 0.842. The van der Waals surface area contributed by atoms with Gasteiger partial charge in [-0.3, -0.25) is 4.90 Å². The average Bonchev–Trinajstić information content (AvgIpc) is 2.56. The van der Waals surface area contributed by atoms with Gasteiger partial charge in [0.25, 0.3) is 0 Å². The number of amides is 2. The zero-order valence-corrected chi connectivity index (χ0v) is 13.2. The number of rotatable bonds is 1. The number of anilines is 3. The van der Waals surface area contributed by atoms with Crippen molar-refractivity contribution in [1.29, 1.82) is 0 Å². The van der Waals surface area contributed by atoms with E-state index in [-0.39, 0.29) is 6.03 Å². The van der Waals surface area contributed by atoms with Gasteiger partial charge in [0.15, 0.2) is 0 Å². The maximum absolute atomic E-state index is 12.7. The van der Waals surface area contributed by atoms with Gasteiger partial charge < -0.3 is 15.0 Å². The Morgan fingerprint density at radius 3 is 2.87 bits per heavy atom. The Balaban J connectivity index is 1.64. The Hall–Kier alpha value is -2.40. The van der Waals surface area contributed by atoms with Gasteiger partial charge in [-0.1, -0.05) is 23.7 Å². The van der Waals surface area contributed by atoms with Gasteiger partial charge in [-0.15, -0.1) is 0 Å². The zero-order valence-electron chi connectivity index (χ0n) is 12.5. The highest BCUT2D eigenvalue weighted by molar-refractivity contribution is 6.30. The molecule has 0 fully saturated rings. The number of nitrogens with zero attached hydrogens (tertiary/aromatic N) is 2. The van der Waals surface area contributed by atoms with Gasteiger partial charge in [0.2, 0.25) is 0 Å². The van der Waals surface area contributed by atoms with Crippen LogP contribution in [0.25, 0.3) is 0 Å². The summed E-state index contributed by atoms with van der Waals surface area (Å²) in [6.45, 7) is 2.98. The molecule has 23 heavy (non-hydrogen) atoms. The van der Waals surface area contributed by atoms with Crippen molar-refractivity contribution in [1.82, 2.24) is 0 Å². The first kappa shape index (κ1) is 14.2. The molecule has 5 nitrogen and oxygen atoms in total. The van der Waals surface area contributed by atoms with Gasteiger partial charge in [0, 0.05) is 23.8 Å². The van der Waals surface area contributed by atoms with Crippen LogP contribution in [-0.2, 0) is 0 Å². The summed E-state index contributed by atoms with van der Waals surface area (Å²) in [6.07, 6.45) is 0. The number of halogens is 1. The fraction of sp³-hybridized carbons (Fsp3) is 0.235. The Morgan fingerprint density at radius 2 is 2.00 bits per heavy atom. The van der Waals surface area contributed by atoms with E-state index in [1.165, 1.54) is 0 Å². The molecule has 118 valence electrons. The number of para-hydroxylation sites is 1. The van der Waals surface area contributed by atoms with E-state index in [1.807, 2.05) is 30.3 Å². The van der Waals surface area contributed by atoms with Gasteiger partial charge in [-0.25, -0.2) is 4.79 Å². The smallest absolute Gasteiger partial charge is 0.326 e. The van der Waals surface area contributed by atoms with Crippen LogP contribution in [0.2, 0.25) is 5.02 Å². The van der Waals surface area contributed by atoms with Crippen LogP contribution < -0.4 is 19.9 Å². The molecular formula is C17H16ClN3O2. The highest BCUT2D eigenvalue weighted by atomic mass is 35.5. The van der Waals surface area contributed by atoms with E-state index in [9.17, 15) is 4.79 Å². The van der Waals surface area contributed by atoms with Crippen molar-refractivity contribution in [2.75, 3.05) is 41.4 Å². The van der Waals surface area contributed by atoms with Crippen LogP contribution in [0.15, 0.2) is 42.5 Å². The van der Waals surface area contributed by atoms with Crippen molar-refractivity contribution in [2.45, 2.75) is 0 Å². The predicted octanol–water partition coefficient (Wildman–Crippen LogP) is 3.59. The molecule has 0 atom stereocenters. The molecule has 0 saturated heterocycles. The van der Waals surface area contributed by atoms with Gasteiger partial charge in [-0.05, 0) is 30.3 Å². The van der Waals surface area contributed by atoms with Crippen molar-refractivity contribution in [2.24, 2.45) is 0 Å². The predicted molar refractivity (Wildman–Crippen MR) is 92.0 cm³/mol. The molecule has 0 radical (unpaired) electrons. The number of benzene rings is 2. The summed E-state index contributed by atoms with van der Waals surface area (Å²) in [5, 5.41) is 3.50. The van der Waals surface area contributed by atoms with E-state index in [2.05, 4.69) is 10.2 Å². The molecule has 2 aliphatic heterocycles. The van der Waals surface area contributed by atoms with Crippen LogP contribution in [0.1, 0.15) is 0 Å². The quantitative estimate of drug-likeness (QED) is 0.869. The van der Waals surface area contributed by atoms with Crippen molar-refractivity contribution in [3.8, 4) is 5.75 Å². The van der Waals surface area contributed by atoms with Crippen LogP contribution >= 0.6 is 11.6 Å². The standard InChI is InChI=1S/C17H16ClN3O2/c18-12-3-1-4-13(11-12)19-17(22)21-8-7-20-9-10-23-15-6-2-5-14(21)16(15)20/h1-6,11H,7-10H2,(H,19,22). The SMILES string of the molecule is O=C(Nc1cccc(Cl)c1)N1CCN2CCOc3cccc1c32. The van der Waals surface area contributed by atoms with Crippen LogP contribution in [0.5, 0.6) is 5.75 Å². The number of carbonyl (C=O) groups excluding carboxylic acids is 1. The highest BCUT2D eigenvalue weighted by Crippen LogP contribution is 2.42. The third-order valence-electron chi connectivity index (χ3n) is 4.12. The molecule has 0 aliphatic carbocycles. The Bertz CT molecular complexity index is 765. The summed E-state index contributed by atoms with van der Waals surface area (Å²) >= 11 is 5.97. The number of nitrogens with one attached hydrogen (secondary N) is 1. The van der Waals surface area contributed by atoms with E-state index in [4.69, 9.17) is 16.3 Å². The van der Waals surface area contributed by atoms with E-state index >= 15 is 0 Å². The Morgan fingerprint density at radius 1 is 1.13 bits per heavy atom. The van der Waals surface area contributed by atoms with Crippen LogP contribution in [0.4, 0.5) is 21.9 Å². The molecule has 2 heterocycles. The zero-order chi connectivity index (χ0) is 15.8. The maximum atomic E-state index is 12.7. The maximum Gasteiger partial charge on any atom is 0.326 e. The molecule has 2 amide bonds. The molecule has 0 saturated carbocycles. The second-order valence-electron chi connectivity index (χ2n) is 5.55. The van der Waals surface area contributed by atoms with Crippen molar-refractivity contribution >= 4 is 34.7 Å². The van der Waals surface area contributed by atoms with E-state index in [0.29, 0.717) is 23.9 Å². The summed E-state index contributed by atoms with van der Waals surface area (Å²) < 4.78 is 5.71. The van der Waals surface area contributed by atoms with Gasteiger partial charge in [0.1, 0.15) is 18.0 Å². The minimum Gasteiger partial charge on any atom is -0.489 e. The van der Waals surface area contributed by atoms with Crippen molar-refractivity contribution < 1.29 is 9.53 Å². The Kier molecular flexibility index (Phi) is 3.50. The topological polar surface area (TPSA) is 44.8 Å². The lowest BCUT2D eigenvalue weighted by molar-refractivity contribution is 0.256. The number of ether oxygens (including phenoxy) is 1. The molecule has 0 aromatic heterocycles. The minimum atomic E-state index is -0.161. The first-order valence-corrected chi connectivity index (χ1v) is 7.95. The molecule has 2 aromatic rings. The molecule has 0 unspecified atom stereocenters. The minimum absolute atomic E-state index is 0.161. The summed E-state index contributed by atoms with van der Waals surface area (Å²) in [5.41, 5.74) is 2.57. The highest BCUT2D eigenvalue weighted by Gasteiger charge is 2.31. The van der Waals surface area contributed by atoms with E-state index < -0.39 is 0 Å². The number of carbonyl (C=O) groups is 1. The third kappa shape index (κ3) is 2.57. The third-order valence-corrected chi connectivity index (χ3v) is 4.35. The lowest BCUT2D eigenvalue weighted by Crippen LogP contribution is -2.48. The summed E-state index contributed by atoms with van der Waals surface area (Å²) in [7, 11) is 0. The molecule has 0 bridgehead atoms. The van der Waals surface area contributed by atoms with Crippen LogP contribution in [0.3, 0.4) is 0 Å². The molecule has 6 heteroatoms. The normalized spacial score (nSPS) is 15.7. The van der Waals surface area contributed by atoms with Crippen LogP contribution in [-0.4, -0.2) is 32.3 Å². The monoisotopic (exact) mass is 329 g/mol. The number of urea groups is 1. The molecule has 1 N–H and O–H groups in total. The second kappa shape index (κ2) is 5.66. The van der Waals surface area contributed by atoms with E-state index in [1.54, 1.807) is 17.0 Å². The first-order valence-electron chi connectivity index (χ1n) is 7.57. The van der Waals surface area contributed by atoms with Crippen LogP contribution in [0, 0.1) is 0 Å². The van der Waals surface area contributed by atoms with Crippen molar-refractivity contribution in [3.05, 3.63) is 47.5 Å². The lowest BCUT2D eigenvalue weighted by Gasteiger charge is -2.40. The summed E-state index contributed by atoms with van der Waals surface area (Å²) in [6, 6.07) is 12.8. The molecule has 0 spiro atoms. The van der Waals surface area contributed by atoms with Crippen molar-refractivity contribution in [3.63, 3.8) is 0 Å². The summed E-state index contributed by atoms with van der Waals surface area (Å²) in [4.78, 5) is 16.7. The second-order valence-corrected chi connectivity index (χ2v) is 5.99. The molecular weight excluding hydrogens is 314 g/mol. The largest absolute Gasteiger partial charge is 0.489 e. The first-order chi connectivity index (χ1) is 11.2. The molecule has 4 rings (SSSR count). The van der Waals surface area contributed by atoms with Gasteiger partial charge >= 0.3 is 6.03 Å². The Labute approximate surface area is 139 Å². The number of hydrogen-bond acceptors (Lipinski definition) is 3. The lowest BCUT2D eigenvalue weighted by atomic mass is 10.1. The van der Waals surface area contributed by atoms with Gasteiger partial charge in [0.05, 0.1) is 12.2 Å².